The van der Waals surface area contributed by atoms with Gasteiger partial charge < -0.3 is 9.47 Å². The molecule has 176 valence electrons. The molecule has 2 aromatic rings. The Labute approximate surface area is 195 Å². The van der Waals surface area contributed by atoms with Crippen molar-refractivity contribution < 1.29 is 14.3 Å². The van der Waals surface area contributed by atoms with Crippen LogP contribution in [0.4, 0.5) is 0 Å². The number of esters is 1. The Balaban J connectivity index is 1.82. The minimum Gasteiger partial charge on any atom is -0.456 e. The Morgan fingerprint density at radius 1 is 0.750 bits per heavy atom. The molecule has 0 fully saturated rings. The van der Waals surface area contributed by atoms with Crippen LogP contribution < -0.4 is 0 Å². The lowest BCUT2D eigenvalue weighted by Gasteiger charge is -2.18. The molecule has 0 aromatic heterocycles. The van der Waals surface area contributed by atoms with E-state index in [0.29, 0.717) is 6.61 Å². The zero-order valence-corrected chi connectivity index (χ0v) is 20.6. The number of carbonyl (C=O) groups is 1. The van der Waals surface area contributed by atoms with Crippen LogP contribution in [0.5, 0.6) is 0 Å². The third kappa shape index (κ3) is 9.16. The second-order valence-electron chi connectivity index (χ2n) is 8.78. The molecule has 3 heteroatoms. The first-order valence-electron chi connectivity index (χ1n) is 12.6. The predicted molar refractivity (Wildman–Crippen MR) is 134 cm³/mol. The molecule has 2 unspecified atom stereocenters. The van der Waals surface area contributed by atoms with Crippen molar-refractivity contribution in [3.05, 3.63) is 59.7 Å². The third-order valence-corrected chi connectivity index (χ3v) is 5.98. The summed E-state index contributed by atoms with van der Waals surface area (Å²) < 4.78 is 11.3. The molecule has 0 heterocycles. The maximum absolute atomic E-state index is 12.3. The van der Waals surface area contributed by atoms with Gasteiger partial charge in [-0.25, -0.2) is 4.79 Å². The number of benzene rings is 2. The van der Waals surface area contributed by atoms with E-state index in [0.717, 1.165) is 24.8 Å². The predicted octanol–water partition coefficient (Wildman–Crippen LogP) is 8.07. The Morgan fingerprint density at radius 3 is 1.91 bits per heavy atom. The molecule has 2 aromatic carbocycles. The lowest BCUT2D eigenvalue weighted by atomic mass is 9.99. The largest absolute Gasteiger partial charge is 0.456 e. The fourth-order valence-electron chi connectivity index (χ4n) is 3.76. The topological polar surface area (TPSA) is 35.5 Å². The summed E-state index contributed by atoms with van der Waals surface area (Å²) in [5.74, 6) is -0.299. The van der Waals surface area contributed by atoms with Gasteiger partial charge in [-0.2, -0.15) is 0 Å². The van der Waals surface area contributed by atoms with Gasteiger partial charge in [-0.3, -0.25) is 0 Å². The molecule has 0 aliphatic carbocycles. The number of unbranched alkanes of at least 4 members (excludes halogenated alkanes) is 6. The monoisotopic (exact) mass is 438 g/mol. The molecule has 0 saturated carbocycles. The van der Waals surface area contributed by atoms with Gasteiger partial charge in [0, 0.05) is 6.61 Å². The van der Waals surface area contributed by atoms with Gasteiger partial charge in [0.05, 0.1) is 0 Å². The van der Waals surface area contributed by atoms with Crippen LogP contribution in [0.2, 0.25) is 0 Å². The molecule has 3 nitrogen and oxygen atoms in total. The molecule has 0 bridgehead atoms. The van der Waals surface area contributed by atoms with Gasteiger partial charge in [-0.15, -0.1) is 0 Å². The van der Waals surface area contributed by atoms with Crippen LogP contribution in [0.3, 0.4) is 0 Å². The highest BCUT2D eigenvalue weighted by Crippen LogP contribution is 2.24. The first-order chi connectivity index (χ1) is 15.5. The van der Waals surface area contributed by atoms with Crippen molar-refractivity contribution in [1.82, 2.24) is 0 Å². The quantitative estimate of drug-likeness (QED) is 0.208. The summed E-state index contributed by atoms with van der Waals surface area (Å²) in [7, 11) is 0. The summed E-state index contributed by atoms with van der Waals surface area (Å²) in [6.07, 6.45) is 10.0. The highest BCUT2D eigenvalue weighted by molar-refractivity contribution is 5.74. The fourth-order valence-corrected chi connectivity index (χ4v) is 3.76. The van der Waals surface area contributed by atoms with E-state index in [9.17, 15) is 4.79 Å². The summed E-state index contributed by atoms with van der Waals surface area (Å²) in [4.78, 5) is 12.3. The molecule has 0 amide bonds. The number of carbonyl (C=O) groups excluding carboxylic acids is 1. The SMILES string of the molecule is CCCCCCOC(C)C(=O)OC(C)c1ccc(-c2ccc(CCCCCC)cc2)cc1. The Morgan fingerprint density at radius 2 is 1.31 bits per heavy atom. The molecular weight excluding hydrogens is 396 g/mol. The maximum Gasteiger partial charge on any atom is 0.335 e. The van der Waals surface area contributed by atoms with Crippen LogP contribution in [0.25, 0.3) is 11.1 Å². The molecule has 0 N–H and O–H groups in total. The molecule has 2 rings (SSSR count). The van der Waals surface area contributed by atoms with Crippen LogP contribution in [0, 0.1) is 0 Å². The number of aryl methyl sites for hydroxylation is 1. The van der Waals surface area contributed by atoms with Crippen LogP contribution in [-0.4, -0.2) is 18.7 Å². The van der Waals surface area contributed by atoms with Crippen molar-refractivity contribution >= 4 is 5.97 Å². The summed E-state index contributed by atoms with van der Waals surface area (Å²) in [5.41, 5.74) is 4.78. The van der Waals surface area contributed by atoms with Crippen LogP contribution in [0.15, 0.2) is 48.5 Å². The lowest BCUT2D eigenvalue weighted by molar-refractivity contribution is -0.161. The van der Waals surface area contributed by atoms with E-state index in [1.54, 1.807) is 6.92 Å². The third-order valence-electron chi connectivity index (χ3n) is 5.98. The van der Waals surface area contributed by atoms with Crippen molar-refractivity contribution in [3.63, 3.8) is 0 Å². The van der Waals surface area contributed by atoms with Gasteiger partial charge in [0.15, 0.2) is 6.10 Å². The highest BCUT2D eigenvalue weighted by atomic mass is 16.6. The van der Waals surface area contributed by atoms with Gasteiger partial charge in [0.1, 0.15) is 6.10 Å². The van der Waals surface area contributed by atoms with Crippen LogP contribution in [-0.2, 0) is 20.7 Å². The van der Waals surface area contributed by atoms with E-state index >= 15 is 0 Å². The van der Waals surface area contributed by atoms with Crippen molar-refractivity contribution in [2.45, 2.75) is 97.7 Å². The lowest BCUT2D eigenvalue weighted by Crippen LogP contribution is -2.25. The Hall–Kier alpha value is -2.13. The van der Waals surface area contributed by atoms with Gasteiger partial charge in [0.25, 0.3) is 0 Å². The molecule has 32 heavy (non-hydrogen) atoms. The first kappa shape index (κ1) is 26.1. The molecule has 0 aliphatic heterocycles. The number of ether oxygens (including phenoxy) is 2. The summed E-state index contributed by atoms with van der Waals surface area (Å²) in [6, 6.07) is 17.2. The standard InChI is InChI=1S/C29H42O3/c1-5-7-9-11-13-25-14-16-27(17-15-25)28-20-18-26(19-21-28)23(3)32-29(30)24(4)31-22-12-10-8-6-2/h14-21,23-24H,5-13,22H2,1-4H3. The molecule has 2 atom stereocenters. The maximum atomic E-state index is 12.3. The van der Waals surface area contributed by atoms with E-state index in [2.05, 4.69) is 50.2 Å². The van der Waals surface area contributed by atoms with E-state index in [4.69, 9.17) is 9.47 Å². The van der Waals surface area contributed by atoms with E-state index in [-0.39, 0.29) is 12.1 Å². The second kappa shape index (κ2) is 14.8. The first-order valence-corrected chi connectivity index (χ1v) is 12.6. The van der Waals surface area contributed by atoms with Crippen molar-refractivity contribution in [1.29, 1.82) is 0 Å². The van der Waals surface area contributed by atoms with Crippen molar-refractivity contribution in [2.75, 3.05) is 6.61 Å². The molecule has 0 radical (unpaired) electrons. The molecular formula is C29H42O3. The zero-order chi connectivity index (χ0) is 23.2. The molecule has 0 aliphatic rings. The summed E-state index contributed by atoms with van der Waals surface area (Å²) in [6.45, 7) is 8.72. The van der Waals surface area contributed by atoms with Gasteiger partial charge in [-0.05, 0) is 55.4 Å². The highest BCUT2D eigenvalue weighted by Gasteiger charge is 2.19. The summed E-state index contributed by atoms with van der Waals surface area (Å²) >= 11 is 0. The van der Waals surface area contributed by atoms with E-state index in [1.807, 2.05) is 19.1 Å². The smallest absolute Gasteiger partial charge is 0.335 e. The number of rotatable bonds is 15. The molecule has 0 saturated heterocycles. The average Bonchev–Trinajstić information content (AvgIpc) is 2.82. The number of hydrogen-bond acceptors (Lipinski definition) is 3. The second-order valence-corrected chi connectivity index (χ2v) is 8.78. The number of hydrogen-bond donors (Lipinski definition) is 0. The van der Waals surface area contributed by atoms with Crippen molar-refractivity contribution in [3.8, 4) is 11.1 Å². The Bertz CT molecular complexity index is 764. The van der Waals surface area contributed by atoms with E-state index < -0.39 is 6.10 Å². The average molecular weight is 439 g/mol. The Kier molecular flexibility index (Phi) is 12.1. The van der Waals surface area contributed by atoms with Gasteiger partial charge in [-0.1, -0.05) is 101 Å². The van der Waals surface area contributed by atoms with Crippen molar-refractivity contribution in [2.24, 2.45) is 0 Å². The summed E-state index contributed by atoms with van der Waals surface area (Å²) in [5, 5.41) is 0. The molecule has 0 spiro atoms. The van der Waals surface area contributed by atoms with Crippen LogP contribution in [0.1, 0.15) is 96.3 Å². The van der Waals surface area contributed by atoms with Gasteiger partial charge >= 0.3 is 5.97 Å². The normalized spacial score (nSPS) is 13.0. The zero-order valence-electron chi connectivity index (χ0n) is 20.6. The minimum atomic E-state index is -0.529. The van der Waals surface area contributed by atoms with E-state index in [1.165, 1.54) is 55.2 Å². The fraction of sp³-hybridized carbons (Fsp3) is 0.552. The minimum absolute atomic E-state index is 0.298. The van der Waals surface area contributed by atoms with Crippen LogP contribution >= 0.6 is 0 Å². The van der Waals surface area contributed by atoms with Gasteiger partial charge in [0.2, 0.25) is 0 Å².